The van der Waals surface area contributed by atoms with Crippen LogP contribution in [0, 0.1) is 0 Å². The Labute approximate surface area is 104 Å². The summed E-state index contributed by atoms with van der Waals surface area (Å²) in [6, 6.07) is -2.13. The van der Waals surface area contributed by atoms with Gasteiger partial charge < -0.3 is 26.0 Å². The van der Waals surface area contributed by atoms with Gasteiger partial charge in [-0.15, -0.1) is 0 Å². The van der Waals surface area contributed by atoms with Gasteiger partial charge in [-0.05, 0) is 6.42 Å². The largest absolute Gasteiger partial charge is 0.481 e. The predicted octanol–water partition coefficient (Wildman–Crippen LogP) is -1.22. The Morgan fingerprint density at radius 3 is 2.33 bits per heavy atom. The second-order valence-corrected chi connectivity index (χ2v) is 3.72. The summed E-state index contributed by atoms with van der Waals surface area (Å²) < 4.78 is 4.72. The van der Waals surface area contributed by atoms with Crippen LogP contribution in [0.3, 0.4) is 0 Å². The molecule has 8 nitrogen and oxygen atoms in total. The van der Waals surface area contributed by atoms with Crippen LogP contribution in [0.25, 0.3) is 0 Å². The van der Waals surface area contributed by atoms with E-state index < -0.39 is 29.9 Å². The van der Waals surface area contributed by atoms with Gasteiger partial charge in [0.25, 0.3) is 0 Å². The van der Waals surface area contributed by atoms with Crippen molar-refractivity contribution in [2.45, 2.75) is 31.3 Å². The van der Waals surface area contributed by atoms with Gasteiger partial charge >= 0.3 is 11.9 Å². The summed E-state index contributed by atoms with van der Waals surface area (Å²) in [5.74, 6) is -2.93. The first-order valence-corrected chi connectivity index (χ1v) is 5.38. The fraction of sp³-hybridized carbons (Fsp3) is 0.700. The van der Waals surface area contributed by atoms with Crippen molar-refractivity contribution in [2.75, 3.05) is 13.7 Å². The van der Waals surface area contributed by atoms with E-state index in [4.69, 9.17) is 20.7 Å². The molecule has 5 N–H and O–H groups in total. The summed E-state index contributed by atoms with van der Waals surface area (Å²) in [5.41, 5.74) is 5.44. The second kappa shape index (κ2) is 8.43. The molecule has 0 fully saturated rings. The Morgan fingerprint density at radius 2 is 1.89 bits per heavy atom. The van der Waals surface area contributed by atoms with Gasteiger partial charge in [-0.3, -0.25) is 9.59 Å². The fourth-order valence-corrected chi connectivity index (χ4v) is 1.18. The molecule has 0 spiro atoms. The van der Waals surface area contributed by atoms with Crippen molar-refractivity contribution in [3.8, 4) is 0 Å². The summed E-state index contributed by atoms with van der Waals surface area (Å²) in [6.45, 7) is 0.182. The Kier molecular flexibility index (Phi) is 7.64. The molecule has 0 heterocycles. The van der Waals surface area contributed by atoms with Crippen molar-refractivity contribution in [3.63, 3.8) is 0 Å². The van der Waals surface area contributed by atoms with Crippen LogP contribution in [0.1, 0.15) is 19.3 Å². The zero-order valence-corrected chi connectivity index (χ0v) is 10.1. The number of nitrogens with two attached hydrogens (primary N) is 1. The van der Waals surface area contributed by atoms with Gasteiger partial charge in [0.2, 0.25) is 5.91 Å². The summed E-state index contributed by atoms with van der Waals surface area (Å²) >= 11 is 0. The van der Waals surface area contributed by atoms with E-state index in [9.17, 15) is 14.4 Å². The van der Waals surface area contributed by atoms with Gasteiger partial charge in [-0.25, -0.2) is 4.79 Å². The quantitative estimate of drug-likeness (QED) is 0.408. The minimum Gasteiger partial charge on any atom is -0.481 e. The maximum absolute atomic E-state index is 11.5. The molecule has 8 heteroatoms. The van der Waals surface area contributed by atoms with E-state index in [0.29, 0.717) is 0 Å². The van der Waals surface area contributed by atoms with Crippen LogP contribution >= 0.6 is 0 Å². The molecule has 104 valence electrons. The highest BCUT2D eigenvalue weighted by Crippen LogP contribution is 1.98. The van der Waals surface area contributed by atoms with E-state index in [1.807, 2.05) is 0 Å². The molecule has 0 bridgehead atoms. The number of hydrogen-bond acceptors (Lipinski definition) is 5. The summed E-state index contributed by atoms with van der Waals surface area (Å²) in [6.07, 6.45) is -0.175. The van der Waals surface area contributed by atoms with Gasteiger partial charge in [0.1, 0.15) is 6.04 Å². The molecule has 0 radical (unpaired) electrons. The lowest BCUT2D eigenvalue weighted by Crippen LogP contribution is -2.48. The van der Waals surface area contributed by atoms with E-state index in [-0.39, 0.29) is 25.9 Å². The number of carboxylic acids is 2. The minimum absolute atomic E-state index is 0.0439. The SMILES string of the molecule is COCCC(NC(=O)C(N)CCC(=O)O)C(=O)O. The van der Waals surface area contributed by atoms with Crippen LogP contribution in [0.2, 0.25) is 0 Å². The maximum Gasteiger partial charge on any atom is 0.326 e. The molecule has 0 aliphatic heterocycles. The summed E-state index contributed by atoms with van der Waals surface area (Å²) in [5, 5.41) is 19.5. The van der Waals surface area contributed by atoms with Crippen molar-refractivity contribution in [2.24, 2.45) is 5.73 Å². The molecule has 1 amide bonds. The molecule has 2 unspecified atom stereocenters. The van der Waals surface area contributed by atoms with E-state index in [1.165, 1.54) is 7.11 Å². The number of carboxylic acid groups (broad SMARTS) is 2. The maximum atomic E-state index is 11.5. The predicted molar refractivity (Wildman–Crippen MR) is 60.9 cm³/mol. The Balaban J connectivity index is 4.22. The number of amides is 1. The summed E-state index contributed by atoms with van der Waals surface area (Å²) in [4.78, 5) is 32.6. The third-order valence-electron chi connectivity index (χ3n) is 2.23. The molecule has 0 aromatic rings. The highest BCUT2D eigenvalue weighted by atomic mass is 16.5. The Bertz CT molecular complexity index is 307. The number of methoxy groups -OCH3 is 1. The molecule has 0 aliphatic carbocycles. The van der Waals surface area contributed by atoms with Crippen LogP contribution in [0.15, 0.2) is 0 Å². The molecule has 2 atom stereocenters. The molecular formula is C10H18N2O6. The van der Waals surface area contributed by atoms with Gasteiger partial charge in [-0.1, -0.05) is 0 Å². The third-order valence-corrected chi connectivity index (χ3v) is 2.23. The smallest absolute Gasteiger partial charge is 0.326 e. The summed E-state index contributed by atoms with van der Waals surface area (Å²) in [7, 11) is 1.42. The molecule has 0 saturated heterocycles. The van der Waals surface area contributed by atoms with Gasteiger partial charge in [-0.2, -0.15) is 0 Å². The second-order valence-electron chi connectivity index (χ2n) is 3.72. The van der Waals surface area contributed by atoms with Crippen molar-refractivity contribution in [1.29, 1.82) is 0 Å². The van der Waals surface area contributed by atoms with Crippen molar-refractivity contribution < 1.29 is 29.3 Å². The fourth-order valence-electron chi connectivity index (χ4n) is 1.18. The number of aliphatic carboxylic acids is 2. The monoisotopic (exact) mass is 262 g/mol. The van der Waals surface area contributed by atoms with E-state index in [0.717, 1.165) is 0 Å². The minimum atomic E-state index is -1.19. The van der Waals surface area contributed by atoms with Crippen LogP contribution < -0.4 is 11.1 Å². The topological polar surface area (TPSA) is 139 Å². The highest BCUT2D eigenvalue weighted by molar-refractivity contribution is 5.87. The number of hydrogen-bond donors (Lipinski definition) is 4. The number of carbonyl (C=O) groups is 3. The van der Waals surface area contributed by atoms with E-state index in [1.54, 1.807) is 0 Å². The van der Waals surface area contributed by atoms with Crippen LogP contribution in [0.5, 0.6) is 0 Å². The average Bonchev–Trinajstić information content (AvgIpc) is 2.30. The molecule has 0 aromatic heterocycles. The molecule has 0 saturated carbocycles. The van der Waals surface area contributed by atoms with Crippen LogP contribution in [0.4, 0.5) is 0 Å². The number of rotatable bonds is 9. The third kappa shape index (κ3) is 6.81. The zero-order valence-electron chi connectivity index (χ0n) is 10.1. The molecule has 18 heavy (non-hydrogen) atoms. The molecule has 0 aliphatic rings. The lowest BCUT2D eigenvalue weighted by atomic mass is 10.1. The normalized spacial score (nSPS) is 13.7. The van der Waals surface area contributed by atoms with Crippen molar-refractivity contribution >= 4 is 17.8 Å². The number of carbonyl (C=O) groups excluding carboxylic acids is 1. The van der Waals surface area contributed by atoms with Crippen LogP contribution in [-0.4, -0.2) is 53.9 Å². The first kappa shape index (κ1) is 16.3. The Hall–Kier alpha value is -1.67. The number of nitrogens with one attached hydrogen (secondary N) is 1. The van der Waals surface area contributed by atoms with Crippen molar-refractivity contribution in [3.05, 3.63) is 0 Å². The van der Waals surface area contributed by atoms with Gasteiger partial charge in [0.15, 0.2) is 0 Å². The van der Waals surface area contributed by atoms with Gasteiger partial charge in [0, 0.05) is 26.6 Å². The van der Waals surface area contributed by atoms with E-state index >= 15 is 0 Å². The first-order valence-electron chi connectivity index (χ1n) is 5.38. The lowest BCUT2D eigenvalue weighted by molar-refractivity contribution is -0.143. The lowest BCUT2D eigenvalue weighted by Gasteiger charge is -2.17. The Morgan fingerprint density at radius 1 is 1.28 bits per heavy atom. The average molecular weight is 262 g/mol. The standard InChI is InChI=1S/C10H18N2O6/c1-18-5-4-7(10(16)17)12-9(15)6(11)2-3-8(13)14/h6-7H,2-5,11H2,1H3,(H,12,15)(H,13,14)(H,16,17). The van der Waals surface area contributed by atoms with Crippen molar-refractivity contribution in [1.82, 2.24) is 5.32 Å². The first-order chi connectivity index (χ1) is 8.38. The molecule has 0 aromatic carbocycles. The number of ether oxygens (including phenoxy) is 1. The van der Waals surface area contributed by atoms with E-state index in [2.05, 4.69) is 5.32 Å². The molecule has 0 rings (SSSR count). The molecular weight excluding hydrogens is 244 g/mol. The van der Waals surface area contributed by atoms with Gasteiger partial charge in [0.05, 0.1) is 6.04 Å². The zero-order chi connectivity index (χ0) is 14.1. The van der Waals surface area contributed by atoms with Crippen LogP contribution in [-0.2, 0) is 19.1 Å². The highest BCUT2D eigenvalue weighted by Gasteiger charge is 2.23.